The summed E-state index contributed by atoms with van der Waals surface area (Å²) in [6.07, 6.45) is 0. The summed E-state index contributed by atoms with van der Waals surface area (Å²) >= 11 is 0. The summed E-state index contributed by atoms with van der Waals surface area (Å²) in [6, 6.07) is 0. The number of halogens is 1. The molecule has 0 rings (SSSR count). The third-order valence-corrected chi connectivity index (χ3v) is 0. The molecule has 64 valence electrons. The summed E-state index contributed by atoms with van der Waals surface area (Å²) in [5, 5.41) is 0. The fourth-order valence-corrected chi connectivity index (χ4v) is 0. The molecule has 0 saturated heterocycles. The summed E-state index contributed by atoms with van der Waals surface area (Å²) in [4.78, 5) is 0. The van der Waals surface area contributed by atoms with E-state index in [1.807, 2.05) is 0 Å². The van der Waals surface area contributed by atoms with Crippen LogP contribution in [0.5, 0.6) is 0 Å². The Bertz CT molecular complexity index is 102. The second-order valence-electron chi connectivity index (χ2n) is 0.408. The second kappa shape index (κ2) is 22.9. The normalized spacial score (nSPS) is 5.27. The first-order valence-electron chi connectivity index (χ1n) is 0.667. The number of rotatable bonds is 0. The monoisotopic (exact) mass is 248 g/mol. The first-order valence-corrected chi connectivity index (χ1v) is 2.00. The van der Waals surface area contributed by atoms with Gasteiger partial charge in [0.25, 0.3) is 0 Å². The van der Waals surface area contributed by atoms with E-state index in [-0.39, 0.29) is 103 Å². The van der Waals surface area contributed by atoms with Crippen molar-refractivity contribution in [1.82, 2.24) is 0 Å². The Labute approximate surface area is 129 Å². The minimum atomic E-state index is -5.17. The van der Waals surface area contributed by atoms with Crippen LogP contribution in [0.25, 0.3) is 0 Å². The van der Waals surface area contributed by atoms with Gasteiger partial charge in [-0.2, -0.15) is 0 Å². The molecule has 0 amide bonds. The molecule has 0 fully saturated rings. The van der Waals surface area contributed by atoms with Crippen molar-refractivity contribution >= 4 is 33.5 Å². The predicted octanol–water partition coefficient (Wildman–Crippen LogP) is -10.2. The van der Waals surface area contributed by atoms with E-state index in [9.17, 15) is 0 Å². The molecule has 0 aromatic heterocycles. The van der Waals surface area contributed by atoms with Crippen molar-refractivity contribution in [3.63, 3.8) is 0 Å². The fraction of sp³-hybridized carbons (Fsp3) is 0. The van der Waals surface area contributed by atoms with E-state index in [1.165, 1.54) is 0 Å². The van der Waals surface area contributed by atoms with Gasteiger partial charge >= 0.3 is 74.4 Å². The van der Waals surface area contributed by atoms with E-state index in [1.54, 1.807) is 0 Å². The smallest absolute Gasteiger partial charge is 1.00 e. The first kappa shape index (κ1) is 50.1. The Balaban J connectivity index is -0.00000000533. The van der Waals surface area contributed by atoms with Crippen LogP contribution in [0.4, 0.5) is 0 Å². The quantitative estimate of drug-likeness (QED) is 0.235. The van der Waals surface area contributed by atoms with Gasteiger partial charge in [-0.3, -0.25) is 8.42 Å². The van der Waals surface area contributed by atoms with Crippen LogP contribution in [0.15, 0.2) is 0 Å². The summed E-state index contributed by atoms with van der Waals surface area (Å²) in [5.74, 6) is 0. The standard InChI is InChI=1S/ClH.K.Mg.H2O4S.3H2O/c;;;1-5(2,3)4;;;/h1H;;;(H2,1,2,3,4);3*1H2/q;+1;+2;;;;/p-3. The van der Waals surface area contributed by atoms with Crippen LogP contribution < -0.4 is 63.8 Å². The van der Waals surface area contributed by atoms with Crippen molar-refractivity contribution in [2.45, 2.75) is 0 Å². The zero-order chi connectivity index (χ0) is 4.50. The van der Waals surface area contributed by atoms with Gasteiger partial charge in [-0.05, 0) is 0 Å². The molecule has 6 N–H and O–H groups in total. The molecule has 0 aromatic carbocycles. The van der Waals surface area contributed by atoms with Crippen LogP contribution in [0.1, 0.15) is 0 Å². The van der Waals surface area contributed by atoms with Crippen LogP contribution in [0.3, 0.4) is 0 Å². The van der Waals surface area contributed by atoms with Crippen LogP contribution in [0.2, 0.25) is 0 Å². The topological polar surface area (TPSA) is 175 Å². The molecule has 0 atom stereocenters. The molecule has 0 unspecified atom stereocenters. The molecule has 0 aliphatic rings. The van der Waals surface area contributed by atoms with Gasteiger partial charge < -0.3 is 37.9 Å². The van der Waals surface area contributed by atoms with E-state index < -0.39 is 10.4 Å². The average Bonchev–Trinajstić information content (AvgIpc) is 0.722. The Morgan fingerprint density at radius 1 is 0.909 bits per heavy atom. The zero-order valence-corrected chi connectivity index (χ0v) is 11.7. The molecule has 0 aliphatic heterocycles. The fourth-order valence-electron chi connectivity index (χ4n) is 0. The van der Waals surface area contributed by atoms with Gasteiger partial charge in [0.05, 0.1) is 0 Å². The van der Waals surface area contributed by atoms with E-state index in [0.717, 1.165) is 0 Å². The maximum atomic E-state index is 8.52. The molecule has 0 radical (unpaired) electrons. The number of hydrogen-bond donors (Lipinski definition) is 0. The summed E-state index contributed by atoms with van der Waals surface area (Å²) in [7, 11) is -5.17. The molecule has 0 bridgehead atoms. The maximum absolute atomic E-state index is 8.52. The van der Waals surface area contributed by atoms with E-state index in [4.69, 9.17) is 17.5 Å². The van der Waals surface area contributed by atoms with Crippen molar-refractivity contribution in [2.24, 2.45) is 0 Å². The second-order valence-corrected chi connectivity index (χ2v) is 1.22. The molecule has 7 nitrogen and oxygen atoms in total. The molecule has 0 spiro atoms. The van der Waals surface area contributed by atoms with Crippen molar-refractivity contribution in [2.75, 3.05) is 0 Å². The summed E-state index contributed by atoms with van der Waals surface area (Å²) < 4.78 is 34.1. The maximum Gasteiger partial charge on any atom is 2.00 e. The van der Waals surface area contributed by atoms with Crippen molar-refractivity contribution in [1.29, 1.82) is 0 Å². The van der Waals surface area contributed by atoms with Gasteiger partial charge in [-0.25, -0.2) is 0 Å². The van der Waals surface area contributed by atoms with Gasteiger partial charge in [-0.1, -0.05) is 0 Å². The largest absolute Gasteiger partial charge is 2.00 e. The average molecular weight is 249 g/mol. The molecule has 0 saturated carbocycles. The van der Waals surface area contributed by atoms with E-state index in [2.05, 4.69) is 0 Å². The Hall–Kier alpha value is 2.44. The third kappa shape index (κ3) is 227. The number of hydrogen-bond acceptors (Lipinski definition) is 4. The van der Waals surface area contributed by atoms with Crippen LogP contribution in [-0.4, -0.2) is 57.0 Å². The van der Waals surface area contributed by atoms with Gasteiger partial charge in [0, 0.05) is 10.4 Å². The molecular formula is H6ClKMgO7S. The molecule has 0 aliphatic carbocycles. The minimum absolute atomic E-state index is 0. The molecular weight excluding hydrogens is 243 g/mol. The van der Waals surface area contributed by atoms with Gasteiger partial charge in [0.2, 0.25) is 0 Å². The molecule has 11 heteroatoms. The van der Waals surface area contributed by atoms with E-state index >= 15 is 0 Å². The molecule has 0 aromatic rings. The van der Waals surface area contributed by atoms with Crippen molar-refractivity contribution in [3.05, 3.63) is 0 Å². The summed E-state index contributed by atoms with van der Waals surface area (Å²) in [5.41, 5.74) is 0. The van der Waals surface area contributed by atoms with Gasteiger partial charge in [0.1, 0.15) is 0 Å². The third-order valence-electron chi connectivity index (χ3n) is 0. The van der Waals surface area contributed by atoms with Gasteiger partial charge in [-0.15, -0.1) is 0 Å². The SMILES string of the molecule is O.O.O.O=S(=O)([O-])[O-].[Cl-].[K+].[Mg+2]. The van der Waals surface area contributed by atoms with Crippen LogP contribution in [0, 0.1) is 0 Å². The van der Waals surface area contributed by atoms with Crippen LogP contribution >= 0.6 is 0 Å². The molecule has 0 heterocycles. The minimum Gasteiger partial charge on any atom is -1.00 e. The predicted molar refractivity (Wildman–Crippen MR) is 27.1 cm³/mol. The first-order chi connectivity index (χ1) is 2.00. The van der Waals surface area contributed by atoms with Gasteiger partial charge in [0.15, 0.2) is 0 Å². The van der Waals surface area contributed by atoms with E-state index in [0.29, 0.717) is 0 Å². The van der Waals surface area contributed by atoms with Crippen molar-refractivity contribution in [3.8, 4) is 0 Å². The van der Waals surface area contributed by atoms with Crippen LogP contribution in [-0.2, 0) is 10.4 Å². The Morgan fingerprint density at radius 3 is 0.909 bits per heavy atom. The van der Waals surface area contributed by atoms with Crippen molar-refractivity contribution < 1.29 is 97.7 Å². The Kier molecular flexibility index (Phi) is 104. The Morgan fingerprint density at radius 2 is 0.909 bits per heavy atom. The zero-order valence-electron chi connectivity index (χ0n) is 5.63. The molecule has 11 heavy (non-hydrogen) atoms. The summed E-state index contributed by atoms with van der Waals surface area (Å²) in [6.45, 7) is 0.